The van der Waals surface area contributed by atoms with Crippen molar-refractivity contribution in [1.29, 1.82) is 0 Å². The molecule has 1 N–H and O–H groups in total. The predicted molar refractivity (Wildman–Crippen MR) is 85.3 cm³/mol. The summed E-state index contributed by atoms with van der Waals surface area (Å²) < 4.78 is 0. The van der Waals surface area contributed by atoms with Crippen LogP contribution in [0.2, 0.25) is 0 Å². The molecule has 1 heterocycles. The number of amides is 2. The molecular weight excluding hydrogens is 288 g/mol. The van der Waals surface area contributed by atoms with Gasteiger partial charge < -0.3 is 4.90 Å². The maximum atomic E-state index is 12.2. The molecule has 2 aromatic carbocycles. The monoisotopic (exact) mass is 304 g/mol. The van der Waals surface area contributed by atoms with Crippen molar-refractivity contribution in [2.24, 2.45) is 0 Å². The highest BCUT2D eigenvalue weighted by Crippen LogP contribution is 2.29. The van der Waals surface area contributed by atoms with Gasteiger partial charge in [0.05, 0.1) is 5.56 Å². The molecule has 0 spiro atoms. The molecule has 0 saturated carbocycles. The fraction of sp³-hybridized carbons (Fsp3) is 0.250. The van der Waals surface area contributed by atoms with E-state index in [9.17, 15) is 9.59 Å². The molecule has 4 nitrogen and oxygen atoms in total. The zero-order valence-electron chi connectivity index (χ0n) is 12.0. The van der Waals surface area contributed by atoms with Crippen LogP contribution in [0, 0.1) is 0 Å². The first-order chi connectivity index (χ1) is 9.58. The number of halogens is 1. The van der Waals surface area contributed by atoms with Gasteiger partial charge in [0.1, 0.15) is 0 Å². The molecule has 21 heavy (non-hydrogen) atoms. The average molecular weight is 305 g/mol. The third-order valence-corrected chi connectivity index (χ3v) is 3.66. The van der Waals surface area contributed by atoms with E-state index in [1.807, 2.05) is 38.4 Å². The van der Waals surface area contributed by atoms with Gasteiger partial charge in [-0.1, -0.05) is 24.3 Å². The van der Waals surface area contributed by atoms with Crippen molar-refractivity contribution < 1.29 is 9.59 Å². The van der Waals surface area contributed by atoms with E-state index in [-0.39, 0.29) is 24.2 Å². The fourth-order valence-corrected chi connectivity index (χ4v) is 2.66. The largest absolute Gasteiger partial charge is 0.309 e. The highest BCUT2D eigenvalue weighted by molar-refractivity contribution is 6.26. The minimum atomic E-state index is -0.308. The number of hydrogen-bond acceptors (Lipinski definition) is 3. The second-order valence-electron chi connectivity index (χ2n) is 5.34. The number of carbonyl (C=O) groups is 2. The summed E-state index contributed by atoms with van der Waals surface area (Å²) in [6, 6.07) is 9.52. The smallest absolute Gasteiger partial charge is 0.259 e. The first-order valence-corrected chi connectivity index (χ1v) is 6.63. The minimum absolute atomic E-state index is 0. The van der Waals surface area contributed by atoms with Gasteiger partial charge in [-0.05, 0) is 37.5 Å². The van der Waals surface area contributed by atoms with E-state index in [1.54, 1.807) is 6.07 Å². The van der Waals surface area contributed by atoms with Crippen LogP contribution in [0.4, 0.5) is 0 Å². The van der Waals surface area contributed by atoms with Crippen LogP contribution >= 0.6 is 12.4 Å². The lowest BCUT2D eigenvalue weighted by Gasteiger charge is -2.20. The Hall–Kier alpha value is -1.91. The van der Waals surface area contributed by atoms with Crippen molar-refractivity contribution >= 4 is 35.0 Å². The summed E-state index contributed by atoms with van der Waals surface area (Å²) in [5.41, 5.74) is 2.23. The molecule has 0 radical (unpaired) electrons. The third kappa shape index (κ3) is 2.64. The van der Waals surface area contributed by atoms with Gasteiger partial charge in [-0.25, -0.2) is 0 Å². The van der Waals surface area contributed by atoms with E-state index in [0.717, 1.165) is 29.3 Å². The SMILES string of the molecule is CN(C)CCc1ccc2cccc3c2c1C(=O)NC3=O.Cl. The van der Waals surface area contributed by atoms with Crippen LogP contribution in [-0.2, 0) is 6.42 Å². The van der Waals surface area contributed by atoms with Crippen LogP contribution < -0.4 is 5.32 Å². The zero-order valence-corrected chi connectivity index (χ0v) is 12.8. The highest BCUT2D eigenvalue weighted by atomic mass is 35.5. The second kappa shape index (κ2) is 5.84. The molecular formula is C16H17ClN2O2. The number of nitrogens with zero attached hydrogens (tertiary/aromatic N) is 1. The molecule has 0 saturated heterocycles. The van der Waals surface area contributed by atoms with Crippen LogP contribution in [0.25, 0.3) is 10.8 Å². The molecule has 0 aromatic heterocycles. The summed E-state index contributed by atoms with van der Waals surface area (Å²) in [6.45, 7) is 0.863. The van der Waals surface area contributed by atoms with Crippen LogP contribution in [-0.4, -0.2) is 37.4 Å². The summed E-state index contributed by atoms with van der Waals surface area (Å²) in [7, 11) is 4.00. The van der Waals surface area contributed by atoms with Crippen LogP contribution in [0.5, 0.6) is 0 Å². The van der Waals surface area contributed by atoms with Gasteiger partial charge in [-0.2, -0.15) is 0 Å². The molecule has 0 fully saturated rings. The molecule has 1 aliphatic heterocycles. The Labute approximate surface area is 129 Å². The summed E-state index contributed by atoms with van der Waals surface area (Å²) in [4.78, 5) is 26.2. The van der Waals surface area contributed by atoms with Crippen molar-refractivity contribution in [2.45, 2.75) is 6.42 Å². The maximum Gasteiger partial charge on any atom is 0.259 e. The summed E-state index contributed by atoms with van der Waals surface area (Å²) >= 11 is 0. The van der Waals surface area contributed by atoms with Crippen LogP contribution in [0.3, 0.4) is 0 Å². The van der Waals surface area contributed by atoms with Gasteiger partial charge in [0.2, 0.25) is 0 Å². The van der Waals surface area contributed by atoms with E-state index in [2.05, 4.69) is 10.2 Å². The van der Waals surface area contributed by atoms with Crippen molar-refractivity contribution in [3.63, 3.8) is 0 Å². The number of benzene rings is 2. The molecule has 0 bridgehead atoms. The van der Waals surface area contributed by atoms with Crippen molar-refractivity contribution in [3.05, 3.63) is 47.0 Å². The molecule has 110 valence electrons. The third-order valence-electron chi connectivity index (χ3n) is 3.66. The fourth-order valence-electron chi connectivity index (χ4n) is 2.66. The molecule has 1 aliphatic rings. The number of hydrogen-bond donors (Lipinski definition) is 1. The van der Waals surface area contributed by atoms with Gasteiger partial charge >= 0.3 is 0 Å². The molecule has 0 unspecified atom stereocenters. The quantitative estimate of drug-likeness (QED) is 0.885. The first-order valence-electron chi connectivity index (χ1n) is 6.63. The summed E-state index contributed by atoms with van der Waals surface area (Å²) in [6.07, 6.45) is 0.786. The van der Waals surface area contributed by atoms with Crippen molar-refractivity contribution in [2.75, 3.05) is 20.6 Å². The zero-order chi connectivity index (χ0) is 14.3. The molecule has 0 aliphatic carbocycles. The van der Waals surface area contributed by atoms with E-state index >= 15 is 0 Å². The molecule has 2 amide bonds. The van der Waals surface area contributed by atoms with E-state index in [1.165, 1.54) is 0 Å². The van der Waals surface area contributed by atoms with Gasteiger partial charge in [-0.3, -0.25) is 14.9 Å². The Kier molecular flexibility index (Phi) is 4.30. The Balaban J connectivity index is 0.00000161. The Morgan fingerprint density at radius 2 is 1.81 bits per heavy atom. The predicted octanol–water partition coefficient (Wildman–Crippen LogP) is 2.25. The number of carbonyl (C=O) groups excluding carboxylic acids is 2. The number of rotatable bonds is 3. The van der Waals surface area contributed by atoms with Gasteiger partial charge in [0.25, 0.3) is 11.8 Å². The van der Waals surface area contributed by atoms with Gasteiger partial charge in [0, 0.05) is 17.5 Å². The van der Waals surface area contributed by atoms with Gasteiger partial charge in [-0.15, -0.1) is 12.4 Å². The number of imide groups is 1. The lowest BCUT2D eigenvalue weighted by molar-refractivity contribution is 0.0844. The standard InChI is InChI=1S/C16H16N2O2.ClH/c1-18(2)9-8-11-7-6-10-4-3-5-12-13(10)14(11)16(20)17-15(12)19;/h3-7H,8-9H2,1-2H3,(H,17,19,20);1H. The topological polar surface area (TPSA) is 49.4 Å². The van der Waals surface area contributed by atoms with E-state index < -0.39 is 0 Å². The molecule has 0 atom stereocenters. The maximum absolute atomic E-state index is 12.2. The Morgan fingerprint density at radius 3 is 2.52 bits per heavy atom. The second-order valence-corrected chi connectivity index (χ2v) is 5.34. The number of likely N-dealkylation sites (N-methyl/N-ethyl adjacent to an activating group) is 1. The van der Waals surface area contributed by atoms with Gasteiger partial charge in [0.15, 0.2) is 0 Å². The first kappa shape index (κ1) is 15.5. The normalized spacial score (nSPS) is 13.3. The Bertz CT molecular complexity index is 726. The summed E-state index contributed by atoms with van der Waals surface area (Å²) in [5, 5.41) is 4.16. The lowest BCUT2D eigenvalue weighted by atomic mass is 9.90. The molecule has 2 aromatic rings. The highest BCUT2D eigenvalue weighted by Gasteiger charge is 2.26. The van der Waals surface area contributed by atoms with E-state index in [4.69, 9.17) is 0 Å². The van der Waals surface area contributed by atoms with Crippen molar-refractivity contribution in [3.8, 4) is 0 Å². The molecule has 5 heteroatoms. The average Bonchev–Trinajstić information content (AvgIpc) is 2.42. The summed E-state index contributed by atoms with van der Waals surface area (Å²) in [5.74, 6) is -0.592. The van der Waals surface area contributed by atoms with E-state index in [0.29, 0.717) is 11.1 Å². The van der Waals surface area contributed by atoms with Crippen LogP contribution in [0.15, 0.2) is 30.3 Å². The molecule has 3 rings (SSSR count). The lowest BCUT2D eigenvalue weighted by Crippen LogP contribution is -2.35. The Morgan fingerprint density at radius 1 is 1.05 bits per heavy atom. The van der Waals surface area contributed by atoms with Crippen molar-refractivity contribution in [1.82, 2.24) is 10.2 Å². The number of nitrogens with one attached hydrogen (secondary N) is 1. The minimum Gasteiger partial charge on any atom is -0.309 e. The van der Waals surface area contributed by atoms with Crippen LogP contribution in [0.1, 0.15) is 26.3 Å².